The molecule has 7 N–H and O–H groups in total. The van der Waals surface area contributed by atoms with Gasteiger partial charge in [0.25, 0.3) is 0 Å². The van der Waals surface area contributed by atoms with E-state index in [1.807, 2.05) is 0 Å². The maximum atomic E-state index is 11.2. The van der Waals surface area contributed by atoms with Gasteiger partial charge in [0.05, 0.1) is 6.17 Å². The fourth-order valence-corrected chi connectivity index (χ4v) is 3.09. The van der Waals surface area contributed by atoms with Gasteiger partial charge in [0.2, 0.25) is 5.91 Å². The zero-order chi connectivity index (χ0) is 13.8. The van der Waals surface area contributed by atoms with Crippen molar-refractivity contribution in [3.8, 4) is 0 Å². The molecule has 2 fully saturated rings. The van der Waals surface area contributed by atoms with Crippen molar-refractivity contribution in [3.63, 3.8) is 0 Å². The largest absolute Gasteiger partial charge is 0.368 e. The molecule has 0 aromatic carbocycles. The van der Waals surface area contributed by atoms with Crippen molar-refractivity contribution in [2.75, 3.05) is 0 Å². The lowest BCUT2D eigenvalue weighted by atomic mass is 10.0. The third-order valence-electron chi connectivity index (χ3n) is 4.35. The number of hydrogen-bond donors (Lipinski definition) is 5. The molecule has 5 unspecified atom stereocenters. The number of rotatable bonds is 3. The zero-order valence-electron chi connectivity index (χ0n) is 11.7. The standard InChI is InChI=1S/C13H27N5O/c1-8-3-2-4-9(6-5-8)16-11-7-10(14)12(13(15)19)18-17-11/h8-12,16-18H,2-7,14H2,1H3,(H2,15,19). The molecule has 6 nitrogen and oxygen atoms in total. The molecule has 0 bridgehead atoms. The highest BCUT2D eigenvalue weighted by Crippen LogP contribution is 2.23. The smallest absolute Gasteiger partial charge is 0.237 e. The average molecular weight is 269 g/mol. The van der Waals surface area contributed by atoms with E-state index in [0.29, 0.717) is 12.5 Å². The fourth-order valence-electron chi connectivity index (χ4n) is 3.09. The van der Waals surface area contributed by atoms with Crippen LogP contribution in [0, 0.1) is 5.92 Å². The maximum absolute atomic E-state index is 11.2. The van der Waals surface area contributed by atoms with Gasteiger partial charge in [0, 0.05) is 12.1 Å². The number of primary amides is 1. The van der Waals surface area contributed by atoms with Crippen molar-refractivity contribution in [3.05, 3.63) is 0 Å². The molecule has 1 aliphatic heterocycles. The van der Waals surface area contributed by atoms with Crippen LogP contribution in [0.25, 0.3) is 0 Å². The summed E-state index contributed by atoms with van der Waals surface area (Å²) >= 11 is 0. The molecule has 6 heteroatoms. The van der Waals surface area contributed by atoms with Gasteiger partial charge in [0.1, 0.15) is 6.04 Å². The van der Waals surface area contributed by atoms with E-state index in [2.05, 4.69) is 23.1 Å². The molecule has 2 rings (SSSR count). The van der Waals surface area contributed by atoms with E-state index < -0.39 is 11.9 Å². The summed E-state index contributed by atoms with van der Waals surface area (Å²) in [7, 11) is 0. The van der Waals surface area contributed by atoms with Crippen molar-refractivity contribution in [1.82, 2.24) is 16.2 Å². The zero-order valence-corrected chi connectivity index (χ0v) is 11.7. The highest BCUT2D eigenvalue weighted by molar-refractivity contribution is 5.80. The summed E-state index contributed by atoms with van der Waals surface area (Å²) < 4.78 is 0. The number of carbonyl (C=O) groups excluding carboxylic acids is 1. The van der Waals surface area contributed by atoms with Crippen LogP contribution in [0.5, 0.6) is 0 Å². The first-order valence-corrected chi connectivity index (χ1v) is 7.38. The Morgan fingerprint density at radius 2 is 2.00 bits per heavy atom. The lowest BCUT2D eigenvalue weighted by molar-refractivity contribution is -0.121. The predicted molar refractivity (Wildman–Crippen MR) is 74.8 cm³/mol. The third kappa shape index (κ3) is 4.14. The average Bonchev–Trinajstić information content (AvgIpc) is 2.54. The van der Waals surface area contributed by atoms with Crippen molar-refractivity contribution in [2.24, 2.45) is 17.4 Å². The number of carbonyl (C=O) groups is 1. The van der Waals surface area contributed by atoms with Crippen molar-refractivity contribution < 1.29 is 4.79 Å². The first kappa shape index (κ1) is 14.7. The first-order valence-electron chi connectivity index (χ1n) is 7.38. The Bertz CT molecular complexity index is 311. The Balaban J connectivity index is 1.79. The van der Waals surface area contributed by atoms with Crippen LogP contribution in [0.15, 0.2) is 0 Å². The van der Waals surface area contributed by atoms with Gasteiger partial charge in [-0.1, -0.05) is 19.8 Å². The van der Waals surface area contributed by atoms with Crippen molar-refractivity contribution in [1.29, 1.82) is 0 Å². The van der Waals surface area contributed by atoms with Crippen LogP contribution in [-0.4, -0.2) is 30.2 Å². The van der Waals surface area contributed by atoms with Crippen molar-refractivity contribution >= 4 is 5.91 Å². The molecule has 0 spiro atoms. The van der Waals surface area contributed by atoms with Gasteiger partial charge < -0.3 is 11.5 Å². The second kappa shape index (κ2) is 6.65. The molecule has 0 radical (unpaired) electrons. The monoisotopic (exact) mass is 269 g/mol. The van der Waals surface area contributed by atoms with Crippen LogP contribution in [0.3, 0.4) is 0 Å². The number of hydrogen-bond acceptors (Lipinski definition) is 5. The normalized spacial score (nSPS) is 40.6. The van der Waals surface area contributed by atoms with Crippen LogP contribution in [0.1, 0.15) is 45.4 Å². The molecule has 1 heterocycles. The number of hydrazine groups is 1. The second-order valence-electron chi connectivity index (χ2n) is 6.10. The minimum atomic E-state index is -0.479. The second-order valence-corrected chi connectivity index (χ2v) is 6.10. The molecule has 2 aliphatic rings. The van der Waals surface area contributed by atoms with E-state index in [1.165, 1.54) is 32.1 Å². The van der Waals surface area contributed by atoms with Gasteiger partial charge in [-0.3, -0.25) is 10.1 Å². The lowest BCUT2D eigenvalue weighted by Gasteiger charge is -2.36. The first-order chi connectivity index (χ1) is 9.06. The van der Waals surface area contributed by atoms with E-state index in [-0.39, 0.29) is 12.2 Å². The van der Waals surface area contributed by atoms with E-state index in [9.17, 15) is 4.79 Å². The Morgan fingerprint density at radius 3 is 2.68 bits per heavy atom. The molecular formula is C13H27N5O. The van der Waals surface area contributed by atoms with Crippen LogP contribution in [-0.2, 0) is 4.79 Å². The van der Waals surface area contributed by atoms with Gasteiger partial charge in [-0.2, -0.15) is 0 Å². The molecule has 19 heavy (non-hydrogen) atoms. The summed E-state index contributed by atoms with van der Waals surface area (Å²) in [5, 5.41) is 3.60. The lowest BCUT2D eigenvalue weighted by Crippen LogP contribution is -2.68. The van der Waals surface area contributed by atoms with Gasteiger partial charge in [-0.25, -0.2) is 10.9 Å². The highest BCUT2D eigenvalue weighted by atomic mass is 16.1. The minimum Gasteiger partial charge on any atom is -0.368 e. The Kier molecular flexibility index (Phi) is 5.15. The van der Waals surface area contributed by atoms with E-state index in [0.717, 1.165) is 5.92 Å². The van der Waals surface area contributed by atoms with E-state index in [1.54, 1.807) is 0 Å². The van der Waals surface area contributed by atoms with Crippen LogP contribution in [0.4, 0.5) is 0 Å². The molecule has 0 aromatic rings. The van der Waals surface area contributed by atoms with Gasteiger partial charge in [-0.05, 0) is 31.6 Å². The Hall–Kier alpha value is -0.690. The van der Waals surface area contributed by atoms with Gasteiger partial charge in [-0.15, -0.1) is 0 Å². The van der Waals surface area contributed by atoms with Crippen LogP contribution in [0.2, 0.25) is 0 Å². The summed E-state index contributed by atoms with van der Waals surface area (Å²) in [4.78, 5) is 11.2. The molecule has 1 saturated carbocycles. The molecule has 5 atom stereocenters. The Labute approximate surface area is 115 Å². The summed E-state index contributed by atoms with van der Waals surface area (Å²) in [5.41, 5.74) is 17.3. The van der Waals surface area contributed by atoms with E-state index >= 15 is 0 Å². The molecule has 0 aromatic heterocycles. The van der Waals surface area contributed by atoms with Gasteiger partial charge >= 0.3 is 0 Å². The number of nitrogens with one attached hydrogen (secondary N) is 3. The fraction of sp³-hybridized carbons (Fsp3) is 0.923. The Morgan fingerprint density at radius 1 is 1.21 bits per heavy atom. The number of amides is 1. The maximum Gasteiger partial charge on any atom is 0.237 e. The number of nitrogens with two attached hydrogens (primary N) is 2. The highest BCUT2D eigenvalue weighted by Gasteiger charge is 2.32. The minimum absolute atomic E-state index is 0.115. The summed E-state index contributed by atoms with van der Waals surface area (Å²) in [6.45, 7) is 2.33. The molecule has 1 amide bonds. The topological polar surface area (TPSA) is 105 Å². The predicted octanol–water partition coefficient (Wildman–Crippen LogP) is -0.450. The summed E-state index contributed by atoms with van der Waals surface area (Å²) in [5.74, 6) is 0.437. The molecule has 1 saturated heterocycles. The molecule has 1 aliphatic carbocycles. The quantitative estimate of drug-likeness (QED) is 0.446. The van der Waals surface area contributed by atoms with Crippen LogP contribution < -0.4 is 27.6 Å². The molecule has 110 valence electrons. The third-order valence-corrected chi connectivity index (χ3v) is 4.35. The SMILES string of the molecule is CC1CCCC(NC2CC(N)C(C(N)=O)NN2)CC1. The van der Waals surface area contributed by atoms with Gasteiger partial charge in [0.15, 0.2) is 0 Å². The van der Waals surface area contributed by atoms with E-state index in [4.69, 9.17) is 11.5 Å². The molecular weight excluding hydrogens is 242 g/mol. The summed E-state index contributed by atoms with van der Waals surface area (Å²) in [6.07, 6.45) is 7.17. The van der Waals surface area contributed by atoms with Crippen molar-refractivity contribution in [2.45, 2.75) is 69.7 Å². The summed E-state index contributed by atoms with van der Waals surface area (Å²) in [6, 6.07) is -0.172. The van der Waals surface area contributed by atoms with Crippen LogP contribution >= 0.6 is 0 Å².